The molecule has 0 N–H and O–H groups in total. The monoisotopic (exact) mass is 219 g/mol. The number of hydrogen-bond donors (Lipinski definition) is 0. The number of hydrogen-bond acceptors (Lipinski definition) is 2. The lowest BCUT2D eigenvalue weighted by molar-refractivity contribution is -0.170. The number of hydroxylamine groups is 2. The third-order valence-electron chi connectivity index (χ3n) is 2.91. The van der Waals surface area contributed by atoms with Crippen LogP contribution in [0.1, 0.15) is 31.2 Å². The van der Waals surface area contributed by atoms with Crippen molar-refractivity contribution in [2.75, 3.05) is 13.2 Å². The van der Waals surface area contributed by atoms with E-state index in [1.165, 1.54) is 5.06 Å². The lowest BCUT2D eigenvalue weighted by Gasteiger charge is -2.21. The fraction of sp³-hybridized carbons (Fsp3) is 0.462. The van der Waals surface area contributed by atoms with Gasteiger partial charge in [-0.1, -0.05) is 37.3 Å². The van der Waals surface area contributed by atoms with Crippen molar-refractivity contribution >= 4 is 5.91 Å². The van der Waals surface area contributed by atoms with Gasteiger partial charge in [-0.05, 0) is 18.4 Å². The molecule has 3 nitrogen and oxygen atoms in total. The summed E-state index contributed by atoms with van der Waals surface area (Å²) in [5.74, 6) is 0.0190. The normalized spacial score (nSPS) is 17.4. The van der Waals surface area contributed by atoms with E-state index in [0.717, 1.165) is 24.9 Å². The van der Waals surface area contributed by atoms with Crippen molar-refractivity contribution in [1.82, 2.24) is 5.06 Å². The Balaban J connectivity index is 2.13. The summed E-state index contributed by atoms with van der Waals surface area (Å²) < 4.78 is 0. The summed E-state index contributed by atoms with van der Waals surface area (Å²) >= 11 is 0. The SMILES string of the molecule is CCC(C(=O)N1CCCO1)c1ccccc1. The number of carbonyl (C=O) groups is 1. The number of amides is 1. The zero-order valence-electron chi connectivity index (χ0n) is 9.56. The highest BCUT2D eigenvalue weighted by molar-refractivity contribution is 5.82. The zero-order valence-corrected chi connectivity index (χ0v) is 9.56. The van der Waals surface area contributed by atoms with Gasteiger partial charge in [0.1, 0.15) is 0 Å². The van der Waals surface area contributed by atoms with Gasteiger partial charge in [-0.2, -0.15) is 0 Å². The molecule has 1 unspecified atom stereocenters. The molecule has 3 heteroatoms. The number of nitrogens with zero attached hydrogens (tertiary/aromatic N) is 1. The standard InChI is InChI=1S/C13H17NO2/c1-2-12(11-7-4-3-5-8-11)13(15)14-9-6-10-16-14/h3-5,7-8,12H,2,6,9-10H2,1H3. The second-order valence-corrected chi connectivity index (χ2v) is 4.00. The van der Waals surface area contributed by atoms with Crippen LogP contribution in [0.25, 0.3) is 0 Å². The van der Waals surface area contributed by atoms with E-state index in [1.54, 1.807) is 0 Å². The highest BCUT2D eigenvalue weighted by Crippen LogP contribution is 2.23. The second-order valence-electron chi connectivity index (χ2n) is 4.00. The molecule has 1 aliphatic rings. The van der Waals surface area contributed by atoms with Crippen molar-refractivity contribution in [2.24, 2.45) is 0 Å². The van der Waals surface area contributed by atoms with Gasteiger partial charge in [0.25, 0.3) is 5.91 Å². The minimum Gasteiger partial charge on any atom is -0.272 e. The average Bonchev–Trinajstić information content (AvgIpc) is 2.85. The third kappa shape index (κ3) is 2.25. The molecule has 1 aromatic rings. The molecule has 1 amide bonds. The maximum absolute atomic E-state index is 12.2. The Kier molecular flexibility index (Phi) is 3.57. The molecule has 0 bridgehead atoms. The smallest absolute Gasteiger partial charge is 0.253 e. The van der Waals surface area contributed by atoms with Gasteiger partial charge in [-0.15, -0.1) is 0 Å². The molecule has 1 saturated heterocycles. The molecule has 0 aliphatic carbocycles. The van der Waals surface area contributed by atoms with Crippen molar-refractivity contribution < 1.29 is 9.63 Å². The topological polar surface area (TPSA) is 29.5 Å². The lowest BCUT2D eigenvalue weighted by atomic mass is 9.95. The maximum atomic E-state index is 12.2. The van der Waals surface area contributed by atoms with Gasteiger partial charge in [0.15, 0.2) is 0 Å². The minimum absolute atomic E-state index is 0.0701. The number of benzene rings is 1. The predicted molar refractivity (Wildman–Crippen MR) is 61.8 cm³/mol. The predicted octanol–water partition coefficient (Wildman–Crippen LogP) is 2.34. The van der Waals surface area contributed by atoms with Crippen LogP contribution in [0.15, 0.2) is 30.3 Å². The van der Waals surface area contributed by atoms with Crippen LogP contribution in [0.4, 0.5) is 0 Å². The first-order valence-electron chi connectivity index (χ1n) is 5.82. The van der Waals surface area contributed by atoms with Gasteiger partial charge in [-0.3, -0.25) is 9.63 Å². The van der Waals surface area contributed by atoms with Gasteiger partial charge in [0.2, 0.25) is 0 Å². The van der Waals surface area contributed by atoms with Gasteiger partial charge >= 0.3 is 0 Å². The molecule has 2 rings (SSSR count). The molecule has 1 atom stereocenters. The van der Waals surface area contributed by atoms with E-state index in [2.05, 4.69) is 0 Å². The summed E-state index contributed by atoms with van der Waals surface area (Å²) in [6.07, 6.45) is 1.75. The molecule has 1 aromatic carbocycles. The number of rotatable bonds is 3. The molecular formula is C13H17NO2. The molecule has 1 heterocycles. The summed E-state index contributed by atoms with van der Waals surface area (Å²) in [4.78, 5) is 17.5. The Morgan fingerprint density at radius 3 is 2.75 bits per heavy atom. The van der Waals surface area contributed by atoms with Gasteiger partial charge in [0, 0.05) is 0 Å². The molecule has 0 aromatic heterocycles. The molecule has 16 heavy (non-hydrogen) atoms. The highest BCUT2D eigenvalue weighted by atomic mass is 16.7. The van der Waals surface area contributed by atoms with E-state index in [0.29, 0.717) is 6.61 Å². The Morgan fingerprint density at radius 2 is 2.19 bits per heavy atom. The Hall–Kier alpha value is -1.35. The Morgan fingerprint density at radius 1 is 1.44 bits per heavy atom. The fourth-order valence-corrected chi connectivity index (χ4v) is 2.03. The molecular weight excluding hydrogens is 202 g/mol. The largest absolute Gasteiger partial charge is 0.272 e. The fourth-order valence-electron chi connectivity index (χ4n) is 2.03. The van der Waals surface area contributed by atoms with E-state index in [4.69, 9.17) is 4.84 Å². The summed E-state index contributed by atoms with van der Waals surface area (Å²) in [6.45, 7) is 3.42. The number of carbonyl (C=O) groups excluding carboxylic acids is 1. The molecule has 86 valence electrons. The summed E-state index contributed by atoms with van der Waals surface area (Å²) in [7, 11) is 0. The summed E-state index contributed by atoms with van der Waals surface area (Å²) in [5, 5.41) is 1.52. The van der Waals surface area contributed by atoms with Crippen LogP contribution in [-0.2, 0) is 9.63 Å². The van der Waals surface area contributed by atoms with Crippen LogP contribution in [0.3, 0.4) is 0 Å². The molecule has 1 aliphatic heterocycles. The van der Waals surface area contributed by atoms with Crippen molar-refractivity contribution in [1.29, 1.82) is 0 Å². The van der Waals surface area contributed by atoms with Crippen molar-refractivity contribution in [3.8, 4) is 0 Å². The molecule has 1 fully saturated rings. The first-order chi connectivity index (χ1) is 7.83. The molecule has 0 radical (unpaired) electrons. The molecule has 0 spiro atoms. The minimum atomic E-state index is -0.0701. The second kappa shape index (κ2) is 5.12. The van der Waals surface area contributed by atoms with Gasteiger partial charge < -0.3 is 0 Å². The van der Waals surface area contributed by atoms with E-state index in [-0.39, 0.29) is 11.8 Å². The van der Waals surface area contributed by atoms with Crippen LogP contribution in [0, 0.1) is 0 Å². The quantitative estimate of drug-likeness (QED) is 0.781. The summed E-state index contributed by atoms with van der Waals surface area (Å²) in [5.41, 5.74) is 1.07. The van der Waals surface area contributed by atoms with Gasteiger partial charge in [0.05, 0.1) is 19.1 Å². The molecule has 0 saturated carbocycles. The average molecular weight is 219 g/mol. The van der Waals surface area contributed by atoms with Crippen LogP contribution in [0.5, 0.6) is 0 Å². The lowest BCUT2D eigenvalue weighted by Crippen LogP contribution is -2.31. The maximum Gasteiger partial charge on any atom is 0.253 e. The van der Waals surface area contributed by atoms with Crippen molar-refractivity contribution in [3.63, 3.8) is 0 Å². The Bertz CT molecular complexity index is 344. The highest BCUT2D eigenvalue weighted by Gasteiger charge is 2.27. The first kappa shape index (κ1) is 11.1. The van der Waals surface area contributed by atoms with Crippen molar-refractivity contribution in [2.45, 2.75) is 25.7 Å². The third-order valence-corrected chi connectivity index (χ3v) is 2.91. The van der Waals surface area contributed by atoms with Crippen LogP contribution >= 0.6 is 0 Å². The van der Waals surface area contributed by atoms with Crippen LogP contribution in [-0.4, -0.2) is 24.1 Å². The Labute approximate surface area is 96.0 Å². The zero-order chi connectivity index (χ0) is 11.4. The van der Waals surface area contributed by atoms with Crippen LogP contribution < -0.4 is 0 Å². The van der Waals surface area contributed by atoms with Gasteiger partial charge in [-0.25, -0.2) is 5.06 Å². The van der Waals surface area contributed by atoms with Crippen LogP contribution in [0.2, 0.25) is 0 Å². The van der Waals surface area contributed by atoms with Crippen molar-refractivity contribution in [3.05, 3.63) is 35.9 Å². The van der Waals surface area contributed by atoms with E-state index in [9.17, 15) is 4.79 Å². The van der Waals surface area contributed by atoms with E-state index < -0.39 is 0 Å². The van der Waals surface area contributed by atoms with E-state index >= 15 is 0 Å². The summed E-state index contributed by atoms with van der Waals surface area (Å²) in [6, 6.07) is 9.91. The van der Waals surface area contributed by atoms with E-state index in [1.807, 2.05) is 37.3 Å². The first-order valence-corrected chi connectivity index (χ1v) is 5.82.